The first kappa shape index (κ1) is 15.7. The molecule has 0 aromatic carbocycles. The van der Waals surface area contributed by atoms with Crippen molar-refractivity contribution in [3.63, 3.8) is 0 Å². The summed E-state index contributed by atoms with van der Waals surface area (Å²) in [5.74, 6) is 1.15. The van der Waals surface area contributed by atoms with Crippen molar-refractivity contribution in [2.45, 2.75) is 26.2 Å². The number of aromatic nitrogens is 2. The Morgan fingerprint density at radius 3 is 2.71 bits per heavy atom. The minimum atomic E-state index is -0.136. The zero-order valence-corrected chi connectivity index (χ0v) is 12.9. The van der Waals surface area contributed by atoms with Gasteiger partial charge in [-0.1, -0.05) is 6.92 Å². The van der Waals surface area contributed by atoms with Gasteiger partial charge in [-0.25, -0.2) is 0 Å². The molecule has 1 aromatic heterocycles. The molecule has 1 amide bonds. The van der Waals surface area contributed by atoms with Crippen molar-refractivity contribution < 1.29 is 4.79 Å². The van der Waals surface area contributed by atoms with Crippen LogP contribution in [0.4, 0.5) is 5.82 Å². The Balaban J connectivity index is 1.77. The number of hydrogen-bond donors (Lipinski definition) is 2. The SMILES string of the molecule is CCCNc1ccc(C(=O)NCC2CCN(C)CC2)nn1. The van der Waals surface area contributed by atoms with Crippen LogP contribution in [0.15, 0.2) is 12.1 Å². The molecule has 1 aliphatic rings. The van der Waals surface area contributed by atoms with Crippen molar-refractivity contribution in [3.8, 4) is 0 Å². The molecule has 6 nitrogen and oxygen atoms in total. The molecule has 0 radical (unpaired) electrons. The lowest BCUT2D eigenvalue weighted by atomic mass is 9.97. The number of carbonyl (C=O) groups is 1. The van der Waals surface area contributed by atoms with Crippen LogP contribution in [0.3, 0.4) is 0 Å². The van der Waals surface area contributed by atoms with Gasteiger partial charge in [-0.3, -0.25) is 4.79 Å². The molecule has 21 heavy (non-hydrogen) atoms. The van der Waals surface area contributed by atoms with Gasteiger partial charge < -0.3 is 15.5 Å². The molecule has 0 atom stereocenters. The molecule has 2 N–H and O–H groups in total. The third kappa shape index (κ3) is 4.97. The molecule has 0 saturated carbocycles. The molecule has 0 spiro atoms. The zero-order valence-electron chi connectivity index (χ0n) is 12.9. The molecule has 1 saturated heterocycles. The predicted molar refractivity (Wildman–Crippen MR) is 83.4 cm³/mol. The van der Waals surface area contributed by atoms with E-state index >= 15 is 0 Å². The van der Waals surface area contributed by atoms with Crippen LogP contribution in [0.25, 0.3) is 0 Å². The van der Waals surface area contributed by atoms with E-state index in [1.807, 2.05) is 0 Å². The van der Waals surface area contributed by atoms with Crippen molar-refractivity contribution in [2.75, 3.05) is 38.5 Å². The van der Waals surface area contributed by atoms with Gasteiger partial charge in [0.15, 0.2) is 5.69 Å². The summed E-state index contributed by atoms with van der Waals surface area (Å²) < 4.78 is 0. The average Bonchev–Trinajstić information content (AvgIpc) is 2.52. The highest BCUT2D eigenvalue weighted by atomic mass is 16.1. The number of rotatable bonds is 6. The van der Waals surface area contributed by atoms with E-state index in [2.05, 4.69) is 39.7 Å². The number of nitrogens with zero attached hydrogens (tertiary/aromatic N) is 3. The van der Waals surface area contributed by atoms with Crippen LogP contribution in [0.1, 0.15) is 36.7 Å². The lowest BCUT2D eigenvalue weighted by Crippen LogP contribution is -2.37. The molecule has 0 bridgehead atoms. The van der Waals surface area contributed by atoms with Gasteiger partial charge in [-0.2, -0.15) is 0 Å². The maximum Gasteiger partial charge on any atom is 0.271 e. The van der Waals surface area contributed by atoms with Crippen LogP contribution in [-0.2, 0) is 0 Å². The molecule has 2 heterocycles. The van der Waals surface area contributed by atoms with Crippen LogP contribution < -0.4 is 10.6 Å². The summed E-state index contributed by atoms with van der Waals surface area (Å²) in [6, 6.07) is 3.52. The largest absolute Gasteiger partial charge is 0.369 e. The minimum absolute atomic E-state index is 0.136. The Morgan fingerprint density at radius 1 is 1.33 bits per heavy atom. The van der Waals surface area contributed by atoms with Crippen LogP contribution >= 0.6 is 0 Å². The normalized spacial score (nSPS) is 16.7. The summed E-state index contributed by atoms with van der Waals surface area (Å²) in [6.45, 7) is 5.89. The van der Waals surface area contributed by atoms with E-state index in [-0.39, 0.29) is 5.91 Å². The van der Waals surface area contributed by atoms with E-state index in [0.29, 0.717) is 17.4 Å². The van der Waals surface area contributed by atoms with Crippen molar-refractivity contribution in [2.24, 2.45) is 5.92 Å². The number of anilines is 1. The maximum atomic E-state index is 12.0. The van der Waals surface area contributed by atoms with Gasteiger partial charge in [0.05, 0.1) is 0 Å². The van der Waals surface area contributed by atoms with Crippen LogP contribution in [-0.4, -0.2) is 54.2 Å². The maximum absolute atomic E-state index is 12.0. The second-order valence-corrected chi connectivity index (χ2v) is 5.69. The third-order valence-electron chi connectivity index (χ3n) is 3.84. The second-order valence-electron chi connectivity index (χ2n) is 5.69. The third-order valence-corrected chi connectivity index (χ3v) is 3.84. The number of carbonyl (C=O) groups excluding carboxylic acids is 1. The summed E-state index contributed by atoms with van der Waals surface area (Å²) in [6.07, 6.45) is 3.31. The first-order valence-electron chi connectivity index (χ1n) is 7.73. The number of piperidine rings is 1. The highest BCUT2D eigenvalue weighted by molar-refractivity contribution is 5.92. The first-order valence-corrected chi connectivity index (χ1v) is 7.73. The van der Waals surface area contributed by atoms with Gasteiger partial charge in [0.1, 0.15) is 5.82 Å². The van der Waals surface area contributed by atoms with Crippen molar-refractivity contribution in [1.29, 1.82) is 0 Å². The molecule has 1 aliphatic heterocycles. The van der Waals surface area contributed by atoms with E-state index in [1.54, 1.807) is 12.1 Å². The van der Waals surface area contributed by atoms with Crippen molar-refractivity contribution in [1.82, 2.24) is 20.4 Å². The highest BCUT2D eigenvalue weighted by Crippen LogP contribution is 2.14. The molecule has 0 unspecified atom stereocenters. The van der Waals surface area contributed by atoms with Gasteiger partial charge in [-0.15, -0.1) is 10.2 Å². The molecule has 116 valence electrons. The quantitative estimate of drug-likeness (QED) is 0.828. The lowest BCUT2D eigenvalue weighted by molar-refractivity contribution is 0.0933. The van der Waals surface area contributed by atoms with Crippen LogP contribution in [0.2, 0.25) is 0 Å². The number of hydrogen-bond acceptors (Lipinski definition) is 5. The summed E-state index contributed by atoms with van der Waals surface area (Å²) >= 11 is 0. The number of amides is 1. The number of nitrogens with one attached hydrogen (secondary N) is 2. The molecule has 0 aliphatic carbocycles. The Kier molecular flexibility index (Phi) is 5.92. The summed E-state index contributed by atoms with van der Waals surface area (Å²) in [5, 5.41) is 14.1. The molecule has 6 heteroatoms. The average molecular weight is 291 g/mol. The van der Waals surface area contributed by atoms with Gasteiger partial charge >= 0.3 is 0 Å². The van der Waals surface area contributed by atoms with Gasteiger partial charge in [0, 0.05) is 13.1 Å². The summed E-state index contributed by atoms with van der Waals surface area (Å²) in [5.41, 5.74) is 0.380. The minimum Gasteiger partial charge on any atom is -0.369 e. The van der Waals surface area contributed by atoms with Crippen LogP contribution in [0.5, 0.6) is 0 Å². The topological polar surface area (TPSA) is 70.2 Å². The fraction of sp³-hybridized carbons (Fsp3) is 0.667. The molecule has 2 rings (SSSR count). The standard InChI is InChI=1S/C15H25N5O/c1-3-8-16-14-5-4-13(18-19-14)15(21)17-11-12-6-9-20(2)10-7-12/h4-5,12H,3,6-11H2,1-2H3,(H,16,19)(H,17,21). The molecular formula is C15H25N5O. The number of likely N-dealkylation sites (tertiary alicyclic amines) is 1. The van der Waals surface area contributed by atoms with Gasteiger partial charge in [0.25, 0.3) is 5.91 Å². The highest BCUT2D eigenvalue weighted by Gasteiger charge is 2.18. The molecule has 1 fully saturated rings. The Bertz CT molecular complexity index is 440. The van der Waals surface area contributed by atoms with Gasteiger partial charge in [-0.05, 0) is 57.5 Å². The van der Waals surface area contributed by atoms with E-state index in [0.717, 1.165) is 45.4 Å². The summed E-state index contributed by atoms with van der Waals surface area (Å²) in [4.78, 5) is 14.4. The fourth-order valence-corrected chi connectivity index (χ4v) is 2.39. The Morgan fingerprint density at radius 2 is 2.10 bits per heavy atom. The summed E-state index contributed by atoms with van der Waals surface area (Å²) in [7, 11) is 2.14. The van der Waals surface area contributed by atoms with Crippen molar-refractivity contribution in [3.05, 3.63) is 17.8 Å². The fourth-order valence-electron chi connectivity index (χ4n) is 2.39. The van der Waals surface area contributed by atoms with Crippen LogP contribution in [0, 0.1) is 5.92 Å². The Hall–Kier alpha value is -1.69. The molecule has 1 aromatic rings. The molecular weight excluding hydrogens is 266 g/mol. The Labute approximate surface area is 126 Å². The zero-order chi connectivity index (χ0) is 15.1. The van der Waals surface area contributed by atoms with E-state index in [9.17, 15) is 4.79 Å². The second kappa shape index (κ2) is 7.93. The van der Waals surface area contributed by atoms with E-state index in [4.69, 9.17) is 0 Å². The first-order chi connectivity index (χ1) is 10.2. The van der Waals surface area contributed by atoms with Crippen molar-refractivity contribution >= 4 is 11.7 Å². The monoisotopic (exact) mass is 291 g/mol. The van der Waals surface area contributed by atoms with E-state index in [1.165, 1.54) is 0 Å². The lowest BCUT2D eigenvalue weighted by Gasteiger charge is -2.28. The van der Waals surface area contributed by atoms with Gasteiger partial charge in [0.2, 0.25) is 0 Å². The smallest absolute Gasteiger partial charge is 0.271 e. The van der Waals surface area contributed by atoms with E-state index < -0.39 is 0 Å². The predicted octanol–water partition coefficient (Wildman–Crippen LogP) is 1.37.